The molecule has 0 saturated carbocycles. The first-order valence-corrected chi connectivity index (χ1v) is 7.01. The third-order valence-electron chi connectivity index (χ3n) is 3.64. The highest BCUT2D eigenvalue weighted by atomic mass is 19.1. The molecule has 22 heavy (non-hydrogen) atoms. The molecule has 1 heterocycles. The van der Waals surface area contributed by atoms with Gasteiger partial charge in [-0.2, -0.15) is 5.10 Å². The molecule has 1 N–H and O–H groups in total. The molecule has 1 unspecified atom stereocenters. The molecule has 2 aromatic carbocycles. The molecule has 0 bridgehead atoms. The largest absolute Gasteiger partial charge is 0.383 e. The van der Waals surface area contributed by atoms with E-state index in [1.54, 1.807) is 22.9 Å². The maximum atomic E-state index is 14.0. The predicted molar refractivity (Wildman–Crippen MR) is 80.5 cm³/mol. The highest BCUT2D eigenvalue weighted by Crippen LogP contribution is 2.28. The van der Waals surface area contributed by atoms with E-state index in [-0.39, 0.29) is 18.8 Å². The summed E-state index contributed by atoms with van der Waals surface area (Å²) in [6, 6.07) is 15.7. The fourth-order valence-electron chi connectivity index (χ4n) is 2.54. The lowest BCUT2D eigenvalue weighted by Crippen LogP contribution is -2.34. The van der Waals surface area contributed by atoms with Crippen LogP contribution >= 0.6 is 0 Å². The van der Waals surface area contributed by atoms with E-state index in [1.807, 2.05) is 30.3 Å². The van der Waals surface area contributed by atoms with E-state index in [1.165, 1.54) is 18.7 Å². The van der Waals surface area contributed by atoms with Crippen LogP contribution in [0.3, 0.4) is 0 Å². The van der Waals surface area contributed by atoms with E-state index >= 15 is 0 Å². The molecule has 0 aliphatic rings. The number of aliphatic hydroxyl groups is 1. The van der Waals surface area contributed by atoms with Gasteiger partial charge in [0.2, 0.25) is 0 Å². The van der Waals surface area contributed by atoms with Crippen LogP contribution in [0.15, 0.2) is 67.3 Å². The number of hydrogen-bond acceptors (Lipinski definition) is 3. The summed E-state index contributed by atoms with van der Waals surface area (Å²) in [5.41, 5.74) is -0.0836. The second-order valence-corrected chi connectivity index (χ2v) is 5.26. The summed E-state index contributed by atoms with van der Waals surface area (Å²) in [6.45, 7) is 0.200. The topological polar surface area (TPSA) is 50.9 Å². The summed E-state index contributed by atoms with van der Waals surface area (Å²) in [5, 5.41) is 15.2. The van der Waals surface area contributed by atoms with E-state index in [4.69, 9.17) is 0 Å². The lowest BCUT2D eigenvalue weighted by atomic mass is 9.87. The Labute approximate surface area is 127 Å². The zero-order valence-corrected chi connectivity index (χ0v) is 11.9. The van der Waals surface area contributed by atoms with Crippen LogP contribution in [0.4, 0.5) is 4.39 Å². The van der Waals surface area contributed by atoms with Gasteiger partial charge >= 0.3 is 0 Å². The Morgan fingerprint density at radius 1 is 1.05 bits per heavy atom. The van der Waals surface area contributed by atoms with Crippen molar-refractivity contribution in [1.29, 1.82) is 0 Å². The predicted octanol–water partition coefficient (Wildman–Crippen LogP) is 2.55. The summed E-state index contributed by atoms with van der Waals surface area (Å²) >= 11 is 0. The van der Waals surface area contributed by atoms with Crippen LogP contribution in [-0.2, 0) is 18.6 Å². The number of nitrogens with zero attached hydrogens (tertiary/aromatic N) is 3. The molecule has 0 amide bonds. The van der Waals surface area contributed by atoms with Crippen molar-refractivity contribution in [2.24, 2.45) is 0 Å². The monoisotopic (exact) mass is 297 g/mol. The van der Waals surface area contributed by atoms with Crippen LogP contribution in [-0.4, -0.2) is 19.9 Å². The van der Waals surface area contributed by atoms with Crippen molar-refractivity contribution >= 4 is 0 Å². The number of benzene rings is 2. The molecular weight excluding hydrogens is 281 g/mol. The van der Waals surface area contributed by atoms with Crippen LogP contribution in [0.25, 0.3) is 0 Å². The minimum atomic E-state index is -1.27. The van der Waals surface area contributed by atoms with Crippen molar-refractivity contribution < 1.29 is 9.50 Å². The Kier molecular flexibility index (Phi) is 3.98. The first kappa shape index (κ1) is 14.4. The Bertz CT molecular complexity index is 731. The van der Waals surface area contributed by atoms with Crippen LogP contribution in [0.5, 0.6) is 0 Å². The summed E-state index contributed by atoms with van der Waals surface area (Å²) in [5.74, 6) is -0.324. The van der Waals surface area contributed by atoms with E-state index in [0.29, 0.717) is 11.1 Å². The van der Waals surface area contributed by atoms with E-state index < -0.39 is 5.60 Å². The van der Waals surface area contributed by atoms with Gasteiger partial charge in [-0.3, -0.25) is 0 Å². The SMILES string of the molecule is OC(Cc1ccccc1F)(Cn1cncn1)c1ccccc1. The van der Waals surface area contributed by atoms with Gasteiger partial charge in [0.05, 0.1) is 6.54 Å². The van der Waals surface area contributed by atoms with E-state index in [0.717, 1.165) is 0 Å². The van der Waals surface area contributed by atoms with E-state index in [9.17, 15) is 9.50 Å². The normalized spacial score (nSPS) is 13.7. The number of hydrogen-bond donors (Lipinski definition) is 1. The molecule has 1 atom stereocenters. The summed E-state index contributed by atoms with van der Waals surface area (Å²) in [4.78, 5) is 3.89. The zero-order chi connectivity index (χ0) is 15.4. The molecule has 0 aliphatic heterocycles. The van der Waals surface area contributed by atoms with E-state index in [2.05, 4.69) is 10.1 Å². The second kappa shape index (κ2) is 6.07. The molecule has 0 spiro atoms. The average Bonchev–Trinajstić information content (AvgIpc) is 3.03. The molecule has 5 heteroatoms. The fourth-order valence-corrected chi connectivity index (χ4v) is 2.54. The molecule has 3 aromatic rings. The van der Waals surface area contributed by atoms with Crippen molar-refractivity contribution in [3.63, 3.8) is 0 Å². The van der Waals surface area contributed by atoms with Crippen molar-refractivity contribution in [2.75, 3.05) is 0 Å². The maximum absolute atomic E-state index is 14.0. The van der Waals surface area contributed by atoms with Gasteiger partial charge in [-0.15, -0.1) is 0 Å². The smallest absolute Gasteiger partial charge is 0.137 e. The fraction of sp³-hybridized carbons (Fsp3) is 0.176. The Morgan fingerprint density at radius 2 is 1.77 bits per heavy atom. The van der Waals surface area contributed by atoms with Crippen LogP contribution in [0, 0.1) is 5.82 Å². The molecule has 112 valence electrons. The molecule has 4 nitrogen and oxygen atoms in total. The molecule has 0 fully saturated rings. The summed E-state index contributed by atoms with van der Waals surface area (Å²) in [7, 11) is 0. The third kappa shape index (κ3) is 3.04. The van der Waals surface area contributed by atoms with Gasteiger partial charge in [-0.05, 0) is 17.2 Å². The minimum absolute atomic E-state index is 0.156. The zero-order valence-electron chi connectivity index (χ0n) is 11.9. The Hall–Kier alpha value is -2.53. The average molecular weight is 297 g/mol. The molecular formula is C17H16FN3O. The lowest BCUT2D eigenvalue weighted by Gasteiger charge is -2.29. The third-order valence-corrected chi connectivity index (χ3v) is 3.64. The van der Waals surface area contributed by atoms with Gasteiger partial charge in [-0.25, -0.2) is 14.1 Å². The van der Waals surface area contributed by atoms with Crippen molar-refractivity contribution in [1.82, 2.24) is 14.8 Å². The van der Waals surface area contributed by atoms with Crippen molar-refractivity contribution in [2.45, 2.75) is 18.6 Å². The quantitative estimate of drug-likeness (QED) is 0.787. The number of halogens is 1. The molecule has 0 aliphatic carbocycles. The number of rotatable bonds is 5. The van der Waals surface area contributed by atoms with Gasteiger partial charge < -0.3 is 5.11 Å². The van der Waals surface area contributed by atoms with Crippen LogP contribution in [0.1, 0.15) is 11.1 Å². The highest BCUT2D eigenvalue weighted by molar-refractivity contribution is 5.27. The summed E-state index contributed by atoms with van der Waals surface area (Å²) < 4.78 is 15.5. The Morgan fingerprint density at radius 3 is 2.45 bits per heavy atom. The second-order valence-electron chi connectivity index (χ2n) is 5.26. The molecule has 3 rings (SSSR count). The molecule has 1 aromatic heterocycles. The van der Waals surface area contributed by atoms with Gasteiger partial charge in [0.25, 0.3) is 0 Å². The Balaban J connectivity index is 1.97. The van der Waals surface area contributed by atoms with Gasteiger partial charge in [-0.1, -0.05) is 48.5 Å². The van der Waals surface area contributed by atoms with Gasteiger partial charge in [0, 0.05) is 6.42 Å². The van der Waals surface area contributed by atoms with Crippen molar-refractivity contribution in [3.8, 4) is 0 Å². The molecule has 0 radical (unpaired) electrons. The van der Waals surface area contributed by atoms with Crippen LogP contribution < -0.4 is 0 Å². The molecule has 0 saturated heterocycles. The number of aromatic nitrogens is 3. The van der Waals surface area contributed by atoms with Gasteiger partial charge in [0.1, 0.15) is 24.1 Å². The van der Waals surface area contributed by atoms with Crippen molar-refractivity contribution in [3.05, 3.63) is 84.2 Å². The van der Waals surface area contributed by atoms with Gasteiger partial charge in [0.15, 0.2) is 0 Å². The highest BCUT2D eigenvalue weighted by Gasteiger charge is 2.31. The minimum Gasteiger partial charge on any atom is -0.383 e. The standard InChI is InChI=1S/C17H16FN3O/c18-16-9-5-4-6-14(16)10-17(22,11-21-13-19-12-20-21)15-7-2-1-3-8-15/h1-9,12-13,22H,10-11H2. The summed E-state index contributed by atoms with van der Waals surface area (Å²) in [6.07, 6.45) is 3.10. The van der Waals surface area contributed by atoms with Crippen LogP contribution in [0.2, 0.25) is 0 Å². The lowest BCUT2D eigenvalue weighted by molar-refractivity contribution is 0.0143. The maximum Gasteiger partial charge on any atom is 0.137 e. The first-order chi connectivity index (χ1) is 10.7. The first-order valence-electron chi connectivity index (χ1n) is 7.01.